The van der Waals surface area contributed by atoms with Gasteiger partial charge in [-0.05, 0) is 26.7 Å². The van der Waals surface area contributed by atoms with Gasteiger partial charge in [-0.25, -0.2) is 4.98 Å². The predicted molar refractivity (Wildman–Crippen MR) is 70.9 cm³/mol. The van der Waals surface area contributed by atoms with E-state index in [4.69, 9.17) is 0 Å². The largest absolute Gasteiger partial charge is 0.481 e. The maximum atomic E-state index is 11.3. The van der Waals surface area contributed by atoms with Gasteiger partial charge in [0.1, 0.15) is 0 Å². The summed E-state index contributed by atoms with van der Waals surface area (Å²) in [5.41, 5.74) is 1.61. The topological polar surface area (TPSA) is 88.0 Å². The molecule has 1 fully saturated rings. The van der Waals surface area contributed by atoms with Gasteiger partial charge in [0.15, 0.2) is 0 Å². The molecule has 2 atom stereocenters. The molecule has 0 radical (unpaired) electrons. The van der Waals surface area contributed by atoms with Gasteiger partial charge in [0.2, 0.25) is 5.95 Å². The van der Waals surface area contributed by atoms with Crippen molar-refractivity contribution in [2.75, 3.05) is 5.32 Å². The van der Waals surface area contributed by atoms with Crippen molar-refractivity contribution >= 4 is 11.9 Å². The highest BCUT2D eigenvalue weighted by atomic mass is 16.4. The number of nitrogens with zero attached hydrogens (tertiary/aromatic N) is 3. The van der Waals surface area contributed by atoms with Crippen molar-refractivity contribution in [1.29, 1.82) is 0 Å². The maximum absolute atomic E-state index is 11.3. The van der Waals surface area contributed by atoms with Crippen molar-refractivity contribution in [1.82, 2.24) is 15.2 Å². The zero-order chi connectivity index (χ0) is 13.8. The first-order valence-corrected chi connectivity index (χ1v) is 6.75. The highest BCUT2D eigenvalue weighted by Crippen LogP contribution is 2.25. The number of rotatable bonds is 3. The Labute approximate surface area is 112 Å². The van der Waals surface area contributed by atoms with Crippen LogP contribution in [0.4, 0.5) is 5.95 Å². The van der Waals surface area contributed by atoms with Gasteiger partial charge in [-0.15, -0.1) is 5.10 Å². The number of anilines is 1. The second-order valence-corrected chi connectivity index (χ2v) is 5.14. The second-order valence-electron chi connectivity index (χ2n) is 5.14. The fraction of sp³-hybridized carbons (Fsp3) is 0.692. The molecule has 0 saturated heterocycles. The van der Waals surface area contributed by atoms with Gasteiger partial charge in [-0.3, -0.25) is 4.79 Å². The standard InChI is InChI=1S/C13H20N4O2/c1-8-9(2)16-17-13(14-8)15-11-7-5-3-4-6-10(11)12(18)19/h10-11H,3-7H2,1-2H3,(H,18,19)(H,14,15,17). The molecule has 6 heteroatoms. The number of carbonyl (C=O) groups is 1. The van der Waals surface area contributed by atoms with Gasteiger partial charge < -0.3 is 10.4 Å². The normalized spacial score (nSPS) is 23.7. The second kappa shape index (κ2) is 5.95. The minimum Gasteiger partial charge on any atom is -0.481 e. The third-order valence-corrected chi connectivity index (χ3v) is 3.74. The van der Waals surface area contributed by atoms with Crippen molar-refractivity contribution in [3.63, 3.8) is 0 Å². The maximum Gasteiger partial charge on any atom is 0.308 e. The molecule has 19 heavy (non-hydrogen) atoms. The first-order valence-electron chi connectivity index (χ1n) is 6.75. The molecule has 2 N–H and O–H groups in total. The van der Waals surface area contributed by atoms with Crippen LogP contribution in [0.5, 0.6) is 0 Å². The fourth-order valence-corrected chi connectivity index (χ4v) is 2.46. The Hall–Kier alpha value is -1.72. The summed E-state index contributed by atoms with van der Waals surface area (Å²) in [5.74, 6) is -0.676. The Bertz CT molecular complexity index is 464. The summed E-state index contributed by atoms with van der Waals surface area (Å²) in [5, 5.41) is 20.5. The van der Waals surface area contributed by atoms with E-state index in [0.29, 0.717) is 12.4 Å². The Morgan fingerprint density at radius 1 is 1.16 bits per heavy atom. The molecule has 0 spiro atoms. The number of hydrogen-bond acceptors (Lipinski definition) is 5. The van der Waals surface area contributed by atoms with Crippen LogP contribution < -0.4 is 5.32 Å². The van der Waals surface area contributed by atoms with E-state index in [1.807, 2.05) is 13.8 Å². The molecule has 1 aliphatic rings. The Morgan fingerprint density at radius 2 is 1.89 bits per heavy atom. The summed E-state index contributed by atoms with van der Waals surface area (Å²) in [6.07, 6.45) is 4.66. The van der Waals surface area contributed by atoms with Crippen molar-refractivity contribution in [2.24, 2.45) is 5.92 Å². The molecule has 1 saturated carbocycles. The van der Waals surface area contributed by atoms with E-state index < -0.39 is 5.97 Å². The van der Waals surface area contributed by atoms with E-state index in [2.05, 4.69) is 20.5 Å². The number of hydrogen-bond donors (Lipinski definition) is 2. The van der Waals surface area contributed by atoms with Crippen LogP contribution in [0.1, 0.15) is 43.5 Å². The van der Waals surface area contributed by atoms with E-state index in [1.54, 1.807) is 0 Å². The zero-order valence-corrected chi connectivity index (χ0v) is 11.4. The van der Waals surface area contributed by atoms with Crippen LogP contribution in [-0.4, -0.2) is 32.3 Å². The van der Waals surface area contributed by atoms with Gasteiger partial charge in [-0.2, -0.15) is 5.10 Å². The van der Waals surface area contributed by atoms with Crippen LogP contribution in [-0.2, 0) is 4.79 Å². The molecular formula is C13H20N4O2. The zero-order valence-electron chi connectivity index (χ0n) is 11.4. The van der Waals surface area contributed by atoms with Gasteiger partial charge >= 0.3 is 5.97 Å². The van der Waals surface area contributed by atoms with Crippen LogP contribution >= 0.6 is 0 Å². The summed E-state index contributed by atoms with van der Waals surface area (Å²) in [4.78, 5) is 15.6. The SMILES string of the molecule is Cc1nnc(NC2CCCCCC2C(=O)O)nc1C. The monoisotopic (exact) mass is 264 g/mol. The molecule has 0 amide bonds. The summed E-state index contributed by atoms with van der Waals surface area (Å²) in [7, 11) is 0. The number of carboxylic acids is 1. The summed E-state index contributed by atoms with van der Waals surface area (Å²) < 4.78 is 0. The lowest BCUT2D eigenvalue weighted by molar-refractivity contribution is -0.142. The molecular weight excluding hydrogens is 244 g/mol. The van der Waals surface area contributed by atoms with Crippen molar-refractivity contribution in [2.45, 2.75) is 52.0 Å². The fourth-order valence-electron chi connectivity index (χ4n) is 2.46. The molecule has 1 heterocycles. The number of aryl methyl sites for hydroxylation is 2. The molecule has 0 aliphatic heterocycles. The van der Waals surface area contributed by atoms with Crippen molar-refractivity contribution < 1.29 is 9.90 Å². The van der Waals surface area contributed by atoms with Crippen LogP contribution in [0, 0.1) is 19.8 Å². The van der Waals surface area contributed by atoms with E-state index in [1.165, 1.54) is 0 Å². The molecule has 0 bridgehead atoms. The van der Waals surface area contributed by atoms with Crippen molar-refractivity contribution in [3.05, 3.63) is 11.4 Å². The number of nitrogens with one attached hydrogen (secondary N) is 1. The third-order valence-electron chi connectivity index (χ3n) is 3.74. The van der Waals surface area contributed by atoms with E-state index >= 15 is 0 Å². The minimum atomic E-state index is -0.740. The number of aliphatic carboxylic acids is 1. The average molecular weight is 264 g/mol. The lowest BCUT2D eigenvalue weighted by atomic mass is 9.95. The molecule has 1 aromatic rings. The molecule has 2 rings (SSSR count). The van der Waals surface area contributed by atoms with E-state index in [9.17, 15) is 9.90 Å². The van der Waals surface area contributed by atoms with E-state index in [-0.39, 0.29) is 12.0 Å². The van der Waals surface area contributed by atoms with Gasteiger partial charge in [0, 0.05) is 6.04 Å². The Morgan fingerprint density at radius 3 is 2.58 bits per heavy atom. The molecule has 1 aliphatic carbocycles. The van der Waals surface area contributed by atoms with Crippen LogP contribution in [0.15, 0.2) is 0 Å². The van der Waals surface area contributed by atoms with Gasteiger partial charge in [0.05, 0.1) is 17.3 Å². The third kappa shape index (κ3) is 3.39. The van der Waals surface area contributed by atoms with Crippen molar-refractivity contribution in [3.8, 4) is 0 Å². The minimum absolute atomic E-state index is 0.107. The lowest BCUT2D eigenvalue weighted by Gasteiger charge is -2.22. The number of carboxylic acid groups (broad SMARTS) is 1. The molecule has 6 nitrogen and oxygen atoms in total. The summed E-state index contributed by atoms with van der Waals surface area (Å²) in [6.45, 7) is 3.72. The average Bonchev–Trinajstić information content (AvgIpc) is 2.59. The summed E-state index contributed by atoms with van der Waals surface area (Å²) >= 11 is 0. The number of aromatic nitrogens is 3. The highest BCUT2D eigenvalue weighted by Gasteiger charge is 2.30. The van der Waals surface area contributed by atoms with Crippen LogP contribution in [0.25, 0.3) is 0 Å². The quantitative estimate of drug-likeness (QED) is 0.811. The molecule has 2 unspecified atom stereocenters. The first-order chi connectivity index (χ1) is 9.08. The van der Waals surface area contributed by atoms with Crippen LogP contribution in [0.3, 0.4) is 0 Å². The smallest absolute Gasteiger partial charge is 0.308 e. The Kier molecular flexibility index (Phi) is 4.29. The predicted octanol–water partition coefficient (Wildman–Crippen LogP) is 1.93. The molecule has 104 valence electrons. The van der Waals surface area contributed by atoms with Crippen LogP contribution in [0.2, 0.25) is 0 Å². The lowest BCUT2D eigenvalue weighted by Crippen LogP contribution is -2.34. The molecule has 0 aromatic carbocycles. The molecule has 1 aromatic heterocycles. The highest BCUT2D eigenvalue weighted by molar-refractivity contribution is 5.71. The van der Waals surface area contributed by atoms with Gasteiger partial charge in [-0.1, -0.05) is 19.3 Å². The Balaban J connectivity index is 2.13. The first kappa shape index (κ1) is 13.7. The van der Waals surface area contributed by atoms with E-state index in [0.717, 1.165) is 37.1 Å². The summed E-state index contributed by atoms with van der Waals surface area (Å²) in [6, 6.07) is -0.107. The van der Waals surface area contributed by atoms with Gasteiger partial charge in [0.25, 0.3) is 0 Å².